The number of aryl methyl sites for hydroxylation is 2. The molecule has 3 nitrogen and oxygen atoms in total. The molecule has 0 radical (unpaired) electrons. The lowest BCUT2D eigenvalue weighted by atomic mass is 9.91. The lowest BCUT2D eigenvalue weighted by Gasteiger charge is -2.37. The van der Waals surface area contributed by atoms with Crippen molar-refractivity contribution in [3.63, 3.8) is 0 Å². The topological polar surface area (TPSA) is 29.5 Å². The van der Waals surface area contributed by atoms with Gasteiger partial charge in [-0.15, -0.1) is 0 Å². The quantitative estimate of drug-likeness (QED) is 0.439. The average molecular weight is 454 g/mol. The van der Waals surface area contributed by atoms with Crippen LogP contribution in [0.4, 0.5) is 14.9 Å². The highest BCUT2D eigenvalue weighted by Crippen LogP contribution is 2.43. The molecular formula is C24H21BrFNO2. The molecule has 3 aromatic rings. The number of ether oxygens (including phenoxy) is 1. The summed E-state index contributed by atoms with van der Waals surface area (Å²) in [6.07, 6.45) is 1.17. The number of carbonyl (C=O) groups is 1. The Kier molecular flexibility index (Phi) is 5.67. The molecule has 1 amide bonds. The predicted molar refractivity (Wildman–Crippen MR) is 115 cm³/mol. The van der Waals surface area contributed by atoms with E-state index in [1.165, 1.54) is 12.1 Å². The van der Waals surface area contributed by atoms with Crippen LogP contribution < -0.4 is 4.90 Å². The summed E-state index contributed by atoms with van der Waals surface area (Å²) in [6, 6.07) is 19.9. The smallest absolute Gasteiger partial charge is 0.415 e. The van der Waals surface area contributed by atoms with E-state index in [9.17, 15) is 9.18 Å². The number of hydrogen-bond donors (Lipinski definition) is 0. The fraction of sp³-hybridized carbons (Fsp3) is 0.208. The minimum Gasteiger partial charge on any atom is -0.444 e. The summed E-state index contributed by atoms with van der Waals surface area (Å²) in [5.41, 5.74) is 4.88. The van der Waals surface area contributed by atoms with Crippen molar-refractivity contribution < 1.29 is 13.9 Å². The normalized spacial score (nSPS) is 15.7. The predicted octanol–water partition coefficient (Wildman–Crippen LogP) is 6.73. The molecule has 1 unspecified atom stereocenters. The second-order valence-corrected chi connectivity index (χ2v) is 8.13. The van der Waals surface area contributed by atoms with Crippen molar-refractivity contribution in [2.75, 3.05) is 4.90 Å². The van der Waals surface area contributed by atoms with Crippen molar-refractivity contribution in [2.24, 2.45) is 0 Å². The number of carbonyl (C=O) groups excluding carboxylic acids is 1. The first-order valence-corrected chi connectivity index (χ1v) is 10.4. The first-order chi connectivity index (χ1) is 14.0. The summed E-state index contributed by atoms with van der Waals surface area (Å²) in [5, 5.41) is 0. The van der Waals surface area contributed by atoms with Gasteiger partial charge in [-0.2, -0.15) is 0 Å². The molecule has 0 saturated carbocycles. The van der Waals surface area contributed by atoms with Crippen LogP contribution in [0.15, 0.2) is 71.2 Å². The van der Waals surface area contributed by atoms with Crippen molar-refractivity contribution in [1.82, 2.24) is 0 Å². The van der Waals surface area contributed by atoms with Gasteiger partial charge in [0.25, 0.3) is 0 Å². The van der Waals surface area contributed by atoms with Gasteiger partial charge in [0.05, 0.1) is 11.7 Å². The molecule has 0 aromatic heterocycles. The van der Waals surface area contributed by atoms with Gasteiger partial charge in [-0.1, -0.05) is 48.5 Å². The Bertz CT molecular complexity index is 1020. The number of nitrogens with zero attached hydrogens (tertiary/aromatic N) is 1. The first-order valence-electron chi connectivity index (χ1n) is 9.57. The molecule has 0 N–H and O–H groups in total. The van der Waals surface area contributed by atoms with Gasteiger partial charge in [0, 0.05) is 4.47 Å². The van der Waals surface area contributed by atoms with Crippen molar-refractivity contribution in [3.8, 4) is 0 Å². The number of anilines is 1. The van der Waals surface area contributed by atoms with E-state index >= 15 is 0 Å². The zero-order valence-corrected chi connectivity index (χ0v) is 17.7. The van der Waals surface area contributed by atoms with Gasteiger partial charge in [0.2, 0.25) is 0 Å². The van der Waals surface area contributed by atoms with Crippen LogP contribution in [0.5, 0.6) is 0 Å². The molecule has 148 valence electrons. The molecule has 0 bridgehead atoms. The maximum atomic E-state index is 13.5. The molecular weight excluding hydrogens is 433 g/mol. The van der Waals surface area contributed by atoms with E-state index in [-0.39, 0.29) is 18.5 Å². The van der Waals surface area contributed by atoms with Crippen LogP contribution in [0.25, 0.3) is 0 Å². The van der Waals surface area contributed by atoms with Gasteiger partial charge < -0.3 is 4.74 Å². The van der Waals surface area contributed by atoms with Crippen molar-refractivity contribution in [3.05, 3.63) is 99.3 Å². The molecule has 1 aliphatic rings. The van der Waals surface area contributed by atoms with Crippen LogP contribution in [0.3, 0.4) is 0 Å². The summed E-state index contributed by atoms with van der Waals surface area (Å²) in [4.78, 5) is 14.9. The van der Waals surface area contributed by atoms with Crippen LogP contribution in [0.1, 0.15) is 34.7 Å². The fourth-order valence-corrected chi connectivity index (χ4v) is 4.66. The molecule has 4 rings (SSSR count). The van der Waals surface area contributed by atoms with E-state index in [0.29, 0.717) is 0 Å². The van der Waals surface area contributed by atoms with Crippen LogP contribution in [0, 0.1) is 12.7 Å². The van der Waals surface area contributed by atoms with Crippen LogP contribution in [-0.2, 0) is 17.8 Å². The summed E-state index contributed by atoms with van der Waals surface area (Å²) in [6.45, 7) is 2.24. The Morgan fingerprint density at radius 1 is 1.14 bits per heavy atom. The van der Waals surface area contributed by atoms with E-state index in [4.69, 9.17) is 4.74 Å². The first kappa shape index (κ1) is 19.6. The van der Waals surface area contributed by atoms with Gasteiger partial charge in [0.15, 0.2) is 0 Å². The minimum atomic E-state index is -0.409. The lowest BCUT2D eigenvalue weighted by molar-refractivity contribution is 0.143. The standard InChI is InChI=1S/C24H21BrFNO2/c1-16-13-19-9-12-22(18-7-10-20(26)11-8-18)27(23(19)21(25)14-16)24(28)29-15-17-5-3-2-4-6-17/h2-8,10-11,13-14,22H,9,12,15H2,1H3. The second kappa shape index (κ2) is 8.37. The maximum absolute atomic E-state index is 13.5. The maximum Gasteiger partial charge on any atom is 0.415 e. The van der Waals surface area contributed by atoms with Gasteiger partial charge >= 0.3 is 6.09 Å². The number of benzene rings is 3. The third-order valence-corrected chi connectivity index (χ3v) is 5.79. The molecule has 0 spiro atoms. The Balaban J connectivity index is 1.70. The summed E-state index contributed by atoms with van der Waals surface area (Å²) >= 11 is 3.64. The lowest BCUT2D eigenvalue weighted by Crippen LogP contribution is -2.39. The summed E-state index contributed by atoms with van der Waals surface area (Å²) < 4.78 is 20.0. The van der Waals surface area contributed by atoms with Crippen LogP contribution >= 0.6 is 15.9 Å². The number of rotatable bonds is 3. The molecule has 1 aliphatic heterocycles. The Hall–Kier alpha value is -2.66. The van der Waals surface area contributed by atoms with E-state index in [1.807, 2.05) is 43.3 Å². The largest absolute Gasteiger partial charge is 0.444 e. The van der Waals surface area contributed by atoms with E-state index in [0.717, 1.165) is 45.3 Å². The van der Waals surface area contributed by atoms with Crippen molar-refractivity contribution in [1.29, 1.82) is 0 Å². The highest BCUT2D eigenvalue weighted by molar-refractivity contribution is 9.10. The molecule has 0 aliphatic carbocycles. The number of amides is 1. The van der Waals surface area contributed by atoms with Crippen LogP contribution in [-0.4, -0.2) is 6.09 Å². The molecule has 0 fully saturated rings. The Labute approximate surface area is 178 Å². The zero-order valence-electron chi connectivity index (χ0n) is 16.1. The minimum absolute atomic E-state index is 0.200. The highest BCUT2D eigenvalue weighted by atomic mass is 79.9. The monoisotopic (exact) mass is 453 g/mol. The summed E-state index contributed by atoms with van der Waals surface area (Å²) in [7, 11) is 0. The SMILES string of the molecule is Cc1cc(Br)c2c(c1)CCC(c1ccc(F)cc1)N2C(=O)OCc1ccccc1. The van der Waals surface area contributed by atoms with Crippen molar-refractivity contribution in [2.45, 2.75) is 32.4 Å². The van der Waals surface area contributed by atoms with E-state index in [2.05, 4.69) is 22.0 Å². The Morgan fingerprint density at radius 3 is 2.59 bits per heavy atom. The van der Waals surface area contributed by atoms with Gasteiger partial charge in [-0.05, 0) is 76.1 Å². The zero-order chi connectivity index (χ0) is 20.4. The van der Waals surface area contributed by atoms with E-state index < -0.39 is 6.09 Å². The fourth-order valence-electron chi connectivity index (χ4n) is 3.85. The number of halogens is 2. The average Bonchev–Trinajstić information content (AvgIpc) is 2.72. The molecule has 1 heterocycles. The Morgan fingerprint density at radius 2 is 1.86 bits per heavy atom. The number of fused-ring (bicyclic) bond motifs is 1. The van der Waals surface area contributed by atoms with Crippen molar-refractivity contribution >= 4 is 27.7 Å². The molecule has 29 heavy (non-hydrogen) atoms. The van der Waals surface area contributed by atoms with E-state index in [1.54, 1.807) is 17.0 Å². The third-order valence-electron chi connectivity index (χ3n) is 5.18. The second-order valence-electron chi connectivity index (χ2n) is 7.27. The summed E-state index contributed by atoms with van der Waals surface area (Å²) in [5.74, 6) is -0.292. The molecule has 5 heteroatoms. The molecule has 0 saturated heterocycles. The molecule has 3 aromatic carbocycles. The number of hydrogen-bond acceptors (Lipinski definition) is 2. The van der Waals surface area contributed by atoms with Gasteiger partial charge in [0.1, 0.15) is 12.4 Å². The third kappa shape index (κ3) is 4.20. The van der Waals surface area contributed by atoms with Gasteiger partial charge in [-0.3, -0.25) is 4.90 Å². The highest BCUT2D eigenvalue weighted by Gasteiger charge is 2.35. The van der Waals surface area contributed by atoms with Crippen LogP contribution in [0.2, 0.25) is 0 Å². The molecule has 1 atom stereocenters. The van der Waals surface area contributed by atoms with Gasteiger partial charge in [-0.25, -0.2) is 9.18 Å².